The molecule has 114 valence electrons. The van der Waals surface area contributed by atoms with Gasteiger partial charge in [-0.1, -0.05) is 26.0 Å². The normalized spacial score (nSPS) is 13.8. The van der Waals surface area contributed by atoms with Crippen LogP contribution in [-0.4, -0.2) is 32.2 Å². The van der Waals surface area contributed by atoms with Gasteiger partial charge in [0.25, 0.3) is 0 Å². The van der Waals surface area contributed by atoms with Gasteiger partial charge in [-0.15, -0.1) is 0 Å². The van der Waals surface area contributed by atoms with Gasteiger partial charge < -0.3 is 10.4 Å². The molecule has 0 aliphatic heterocycles. The molecule has 1 rings (SSSR count). The molecule has 1 aromatic rings. The molecule has 0 bridgehead atoms. The van der Waals surface area contributed by atoms with Crippen molar-refractivity contribution in [2.75, 3.05) is 11.9 Å². The number of nitrogens with one attached hydrogen (secondary N) is 2. The number of aliphatic hydroxyl groups is 1. The fraction of sp³-hybridized carbons (Fsp3) is 0.571. The van der Waals surface area contributed by atoms with Crippen molar-refractivity contribution in [1.82, 2.24) is 4.72 Å². The fourth-order valence-electron chi connectivity index (χ4n) is 1.67. The molecule has 1 atom stereocenters. The number of rotatable bonds is 7. The van der Waals surface area contributed by atoms with E-state index in [0.29, 0.717) is 12.2 Å². The number of benzene rings is 1. The van der Waals surface area contributed by atoms with Crippen molar-refractivity contribution in [2.24, 2.45) is 5.92 Å². The first kappa shape index (κ1) is 16.9. The highest BCUT2D eigenvalue weighted by molar-refractivity contribution is 7.89. The minimum atomic E-state index is -3.55. The van der Waals surface area contributed by atoms with E-state index in [2.05, 4.69) is 10.0 Å². The third-order valence-corrected chi connectivity index (χ3v) is 4.56. The molecular weight excluding hydrogens is 276 g/mol. The topological polar surface area (TPSA) is 78.4 Å². The summed E-state index contributed by atoms with van der Waals surface area (Å²) in [5.41, 5.74) is 0.500. The van der Waals surface area contributed by atoms with Gasteiger partial charge in [-0.2, -0.15) is 0 Å². The molecule has 1 aromatic carbocycles. The van der Waals surface area contributed by atoms with E-state index in [1.807, 2.05) is 13.8 Å². The average molecular weight is 300 g/mol. The maximum Gasteiger partial charge on any atom is 0.242 e. The number of hydrogen-bond acceptors (Lipinski definition) is 4. The molecule has 0 amide bonds. The van der Waals surface area contributed by atoms with Crippen molar-refractivity contribution in [1.29, 1.82) is 0 Å². The number of anilines is 1. The van der Waals surface area contributed by atoms with E-state index < -0.39 is 16.1 Å². The summed E-state index contributed by atoms with van der Waals surface area (Å²) in [6, 6.07) is 6.52. The van der Waals surface area contributed by atoms with Gasteiger partial charge in [0, 0.05) is 12.6 Å². The van der Waals surface area contributed by atoms with Gasteiger partial charge in [0.2, 0.25) is 10.0 Å². The summed E-state index contributed by atoms with van der Waals surface area (Å²) in [7, 11) is -3.55. The van der Waals surface area contributed by atoms with Crippen LogP contribution in [0.15, 0.2) is 29.2 Å². The average Bonchev–Trinajstić information content (AvgIpc) is 2.34. The first-order chi connectivity index (χ1) is 9.24. The molecule has 0 saturated heterocycles. The Bertz CT molecular complexity index is 527. The largest absolute Gasteiger partial charge is 0.391 e. The smallest absolute Gasteiger partial charge is 0.242 e. The molecule has 0 fully saturated rings. The summed E-state index contributed by atoms with van der Waals surface area (Å²) in [4.78, 5) is 0.199. The molecule has 3 N–H and O–H groups in total. The maximum absolute atomic E-state index is 12.2. The van der Waals surface area contributed by atoms with Crippen molar-refractivity contribution in [3.63, 3.8) is 0 Å². The van der Waals surface area contributed by atoms with Crippen molar-refractivity contribution in [3.05, 3.63) is 24.3 Å². The Kier molecular flexibility index (Phi) is 5.98. The van der Waals surface area contributed by atoms with E-state index >= 15 is 0 Å². The third-order valence-electron chi connectivity index (χ3n) is 2.84. The molecule has 0 heterocycles. The zero-order chi connectivity index (χ0) is 15.3. The van der Waals surface area contributed by atoms with Crippen LogP contribution < -0.4 is 10.0 Å². The molecule has 6 heteroatoms. The van der Waals surface area contributed by atoms with E-state index in [4.69, 9.17) is 0 Å². The predicted octanol–water partition coefficient (Wildman–Crippen LogP) is 1.80. The molecule has 0 aliphatic rings. The lowest BCUT2D eigenvalue weighted by atomic mass is 10.1. The summed E-state index contributed by atoms with van der Waals surface area (Å²) < 4.78 is 27.0. The maximum atomic E-state index is 12.2. The lowest BCUT2D eigenvalue weighted by Gasteiger charge is -2.18. The zero-order valence-corrected chi connectivity index (χ0v) is 13.2. The Morgan fingerprint density at radius 1 is 1.15 bits per heavy atom. The second-order valence-electron chi connectivity index (χ2n) is 5.46. The van der Waals surface area contributed by atoms with Gasteiger partial charge in [-0.05, 0) is 31.9 Å². The van der Waals surface area contributed by atoms with Gasteiger partial charge in [0.05, 0.1) is 11.8 Å². The highest BCUT2D eigenvalue weighted by atomic mass is 32.2. The third kappa shape index (κ3) is 4.77. The summed E-state index contributed by atoms with van der Waals surface area (Å²) in [5.74, 6) is 0.111. The molecule has 0 spiro atoms. The van der Waals surface area contributed by atoms with Gasteiger partial charge in [-0.25, -0.2) is 13.1 Å². The van der Waals surface area contributed by atoms with E-state index in [1.165, 1.54) is 0 Å². The van der Waals surface area contributed by atoms with Gasteiger partial charge in [0.15, 0.2) is 0 Å². The number of sulfonamides is 1. The lowest BCUT2D eigenvalue weighted by molar-refractivity contribution is 0.138. The Labute approximate surface area is 121 Å². The first-order valence-electron chi connectivity index (χ1n) is 6.77. The van der Waals surface area contributed by atoms with E-state index in [0.717, 1.165) is 0 Å². The van der Waals surface area contributed by atoms with Gasteiger partial charge in [0.1, 0.15) is 4.90 Å². The SMILES string of the molecule is CC(C)NS(=O)(=O)c1ccccc1NCC(O)C(C)C. The molecule has 0 saturated carbocycles. The summed E-state index contributed by atoms with van der Waals surface area (Å²) in [5, 5.41) is 12.8. The highest BCUT2D eigenvalue weighted by Gasteiger charge is 2.19. The minimum absolute atomic E-state index is 0.111. The molecule has 5 nitrogen and oxygen atoms in total. The van der Waals surface area contributed by atoms with E-state index in [-0.39, 0.29) is 16.9 Å². The fourth-order valence-corrected chi connectivity index (χ4v) is 3.11. The molecular formula is C14H24N2O3S. The second-order valence-corrected chi connectivity index (χ2v) is 7.15. The van der Waals surface area contributed by atoms with Crippen LogP contribution in [0.3, 0.4) is 0 Å². The number of aliphatic hydroxyl groups excluding tert-OH is 1. The van der Waals surface area contributed by atoms with Crippen molar-refractivity contribution in [3.8, 4) is 0 Å². The standard InChI is InChI=1S/C14H24N2O3S/c1-10(2)13(17)9-15-12-7-5-6-8-14(12)20(18,19)16-11(3)4/h5-8,10-11,13,15-17H,9H2,1-4H3. The number of hydrogen-bond donors (Lipinski definition) is 3. The summed E-state index contributed by atoms with van der Waals surface area (Å²) in [6.45, 7) is 7.68. The van der Waals surface area contributed by atoms with Crippen molar-refractivity contribution >= 4 is 15.7 Å². The molecule has 0 aromatic heterocycles. The van der Waals surface area contributed by atoms with Crippen molar-refractivity contribution < 1.29 is 13.5 Å². The Balaban J connectivity index is 2.94. The Morgan fingerprint density at radius 2 is 1.75 bits per heavy atom. The van der Waals surface area contributed by atoms with Crippen LogP contribution in [0.1, 0.15) is 27.7 Å². The summed E-state index contributed by atoms with van der Waals surface area (Å²) in [6.07, 6.45) is -0.524. The second kappa shape index (κ2) is 7.06. The minimum Gasteiger partial charge on any atom is -0.391 e. The van der Waals surface area contributed by atoms with Gasteiger partial charge >= 0.3 is 0 Å². The predicted molar refractivity (Wildman–Crippen MR) is 81.2 cm³/mol. The molecule has 0 radical (unpaired) electrons. The van der Waals surface area contributed by atoms with Gasteiger partial charge in [-0.3, -0.25) is 0 Å². The van der Waals surface area contributed by atoms with E-state index in [9.17, 15) is 13.5 Å². The monoisotopic (exact) mass is 300 g/mol. The molecule has 1 unspecified atom stereocenters. The van der Waals surface area contributed by atoms with Crippen LogP contribution in [0.4, 0.5) is 5.69 Å². The molecule has 0 aliphatic carbocycles. The van der Waals surface area contributed by atoms with Crippen LogP contribution in [0.2, 0.25) is 0 Å². The van der Waals surface area contributed by atoms with Crippen LogP contribution in [0.25, 0.3) is 0 Å². The molecule has 20 heavy (non-hydrogen) atoms. The quantitative estimate of drug-likeness (QED) is 0.717. The lowest BCUT2D eigenvalue weighted by Crippen LogP contribution is -2.31. The van der Waals surface area contributed by atoms with Crippen LogP contribution in [-0.2, 0) is 10.0 Å². The zero-order valence-electron chi connectivity index (χ0n) is 12.4. The highest BCUT2D eigenvalue weighted by Crippen LogP contribution is 2.21. The first-order valence-corrected chi connectivity index (χ1v) is 8.25. The van der Waals surface area contributed by atoms with E-state index in [1.54, 1.807) is 38.1 Å². The van der Waals surface area contributed by atoms with Crippen LogP contribution in [0, 0.1) is 5.92 Å². The van der Waals surface area contributed by atoms with Crippen LogP contribution in [0.5, 0.6) is 0 Å². The van der Waals surface area contributed by atoms with Crippen LogP contribution >= 0.6 is 0 Å². The Hall–Kier alpha value is -1.11. The summed E-state index contributed by atoms with van der Waals surface area (Å²) >= 11 is 0. The van der Waals surface area contributed by atoms with Crippen molar-refractivity contribution in [2.45, 2.75) is 44.7 Å². The number of para-hydroxylation sites is 1. The Morgan fingerprint density at radius 3 is 2.30 bits per heavy atom.